The van der Waals surface area contributed by atoms with Gasteiger partial charge in [-0.1, -0.05) is 97.1 Å². The maximum Gasteiger partial charge on any atom is 0.0968 e. The lowest BCUT2D eigenvalue weighted by Gasteiger charge is -2.40. The third-order valence-electron chi connectivity index (χ3n) is 5.86. The van der Waals surface area contributed by atoms with E-state index in [1.54, 1.807) is 6.33 Å². The smallest absolute Gasteiger partial charge is 0.0968 e. The largest absolute Gasteiger partial charge is 0.387 e. The van der Waals surface area contributed by atoms with Crippen LogP contribution in [-0.4, -0.2) is 15.1 Å². The van der Waals surface area contributed by atoms with Crippen LogP contribution in [0.25, 0.3) is 11.0 Å². The summed E-state index contributed by atoms with van der Waals surface area (Å²) in [5.74, 6) is 0. The average molecular weight is 390 g/mol. The molecule has 0 aliphatic heterocycles. The summed E-state index contributed by atoms with van der Waals surface area (Å²) < 4.78 is 0. The second-order valence-electron chi connectivity index (χ2n) is 7.49. The summed E-state index contributed by atoms with van der Waals surface area (Å²) in [6.45, 7) is 0. The Kier molecular flexibility index (Phi) is 4.66. The Morgan fingerprint density at radius 3 is 1.67 bits per heavy atom. The number of aromatic nitrogens is 2. The highest BCUT2D eigenvalue weighted by molar-refractivity contribution is 5.75. The summed E-state index contributed by atoms with van der Waals surface area (Å²) in [5, 5.41) is 12.1. The summed E-state index contributed by atoms with van der Waals surface area (Å²) >= 11 is 0. The van der Waals surface area contributed by atoms with Crippen LogP contribution in [0.5, 0.6) is 0 Å². The minimum Gasteiger partial charge on any atom is -0.387 e. The number of aliphatic hydroxyl groups is 1. The van der Waals surface area contributed by atoms with Crippen molar-refractivity contribution < 1.29 is 5.11 Å². The molecule has 0 saturated carbocycles. The first-order valence-corrected chi connectivity index (χ1v) is 10.1. The van der Waals surface area contributed by atoms with E-state index >= 15 is 0 Å². The molecule has 3 nitrogen and oxygen atoms in total. The minimum absolute atomic E-state index is 0.766. The molecule has 30 heavy (non-hydrogen) atoms. The Balaban J connectivity index is 1.83. The molecule has 1 atom stereocenters. The number of nitrogens with one attached hydrogen (secondary N) is 1. The monoisotopic (exact) mass is 390 g/mol. The molecule has 5 rings (SSSR count). The lowest BCUT2D eigenvalue weighted by atomic mass is 9.64. The quantitative estimate of drug-likeness (QED) is 0.382. The molecule has 0 aliphatic rings. The molecule has 0 bridgehead atoms. The Morgan fingerprint density at radius 2 is 1.17 bits per heavy atom. The van der Waals surface area contributed by atoms with Crippen LogP contribution in [-0.2, 0) is 5.41 Å². The second kappa shape index (κ2) is 7.62. The third-order valence-corrected chi connectivity index (χ3v) is 5.86. The van der Waals surface area contributed by atoms with Gasteiger partial charge in [0.25, 0.3) is 0 Å². The fourth-order valence-corrected chi connectivity index (χ4v) is 4.45. The molecule has 5 aromatic rings. The Bertz CT molecular complexity index is 1150. The van der Waals surface area contributed by atoms with E-state index in [0.29, 0.717) is 0 Å². The van der Waals surface area contributed by atoms with Gasteiger partial charge in [0.1, 0.15) is 0 Å². The zero-order valence-corrected chi connectivity index (χ0v) is 16.4. The van der Waals surface area contributed by atoms with Crippen molar-refractivity contribution in [3.63, 3.8) is 0 Å². The maximum absolute atomic E-state index is 12.1. The molecule has 2 N–H and O–H groups in total. The van der Waals surface area contributed by atoms with Gasteiger partial charge in [-0.05, 0) is 34.4 Å². The lowest BCUT2D eigenvalue weighted by molar-refractivity contribution is 0.122. The van der Waals surface area contributed by atoms with Gasteiger partial charge in [-0.15, -0.1) is 0 Å². The summed E-state index contributed by atoms with van der Waals surface area (Å²) in [6.07, 6.45) is 0.872. The molecule has 146 valence electrons. The molecular formula is C27H22N2O. The van der Waals surface area contributed by atoms with Gasteiger partial charge in [0, 0.05) is 0 Å². The molecule has 0 saturated heterocycles. The summed E-state index contributed by atoms with van der Waals surface area (Å²) in [6, 6.07) is 36.7. The van der Waals surface area contributed by atoms with Crippen molar-refractivity contribution in [3.8, 4) is 0 Å². The SMILES string of the molecule is OC(c1ccc2nc[nH]c2c1)C(c1ccccc1)(c1ccccc1)c1ccccc1. The summed E-state index contributed by atoms with van der Waals surface area (Å²) in [4.78, 5) is 7.48. The highest BCUT2D eigenvalue weighted by Crippen LogP contribution is 2.48. The van der Waals surface area contributed by atoms with Gasteiger partial charge in [0.05, 0.1) is 28.9 Å². The highest BCUT2D eigenvalue weighted by atomic mass is 16.3. The predicted molar refractivity (Wildman–Crippen MR) is 120 cm³/mol. The van der Waals surface area contributed by atoms with E-state index in [4.69, 9.17) is 0 Å². The zero-order chi connectivity index (χ0) is 20.4. The normalized spacial score (nSPS) is 12.7. The van der Waals surface area contributed by atoms with E-state index in [1.807, 2.05) is 72.8 Å². The van der Waals surface area contributed by atoms with Crippen LogP contribution in [0.15, 0.2) is 116 Å². The van der Waals surface area contributed by atoms with Gasteiger partial charge in [0.2, 0.25) is 0 Å². The third kappa shape index (κ3) is 2.92. The first-order chi connectivity index (χ1) is 14.8. The number of aromatic amines is 1. The summed E-state index contributed by atoms with van der Waals surface area (Å²) in [7, 11) is 0. The van der Waals surface area contributed by atoms with Crippen molar-refractivity contribution >= 4 is 11.0 Å². The highest BCUT2D eigenvalue weighted by Gasteiger charge is 2.43. The number of nitrogens with zero attached hydrogens (tertiary/aromatic N) is 1. The predicted octanol–water partition coefficient (Wildman–Crippen LogP) is 5.63. The standard InChI is InChI=1S/C27H22N2O/c30-26(20-16-17-24-25(18-20)29-19-28-24)27(21-10-4-1-5-11-21,22-12-6-2-7-13-22)23-14-8-3-9-15-23/h1-19,26,30H,(H,28,29). The first kappa shape index (κ1) is 18.3. The minimum atomic E-state index is -0.808. The van der Waals surface area contributed by atoms with E-state index in [1.165, 1.54) is 0 Å². The number of benzene rings is 4. The molecule has 0 fully saturated rings. The molecule has 4 aromatic carbocycles. The van der Waals surface area contributed by atoms with Crippen LogP contribution in [0, 0.1) is 0 Å². The lowest BCUT2D eigenvalue weighted by Crippen LogP contribution is -2.36. The van der Waals surface area contributed by atoms with Crippen LogP contribution >= 0.6 is 0 Å². The topological polar surface area (TPSA) is 48.9 Å². The number of hydrogen-bond acceptors (Lipinski definition) is 2. The van der Waals surface area contributed by atoms with Crippen molar-refractivity contribution in [1.29, 1.82) is 0 Å². The number of H-pyrrole nitrogens is 1. The van der Waals surface area contributed by atoms with Crippen LogP contribution in [0.2, 0.25) is 0 Å². The van der Waals surface area contributed by atoms with Crippen molar-refractivity contribution in [2.45, 2.75) is 11.5 Å². The van der Waals surface area contributed by atoms with Gasteiger partial charge < -0.3 is 10.1 Å². The Hall–Kier alpha value is -3.69. The van der Waals surface area contributed by atoms with Gasteiger partial charge in [-0.25, -0.2) is 4.98 Å². The van der Waals surface area contributed by atoms with Crippen LogP contribution in [0.3, 0.4) is 0 Å². The molecule has 1 unspecified atom stereocenters. The van der Waals surface area contributed by atoms with Gasteiger partial charge in [-0.3, -0.25) is 0 Å². The van der Waals surface area contributed by atoms with Gasteiger partial charge in [0.15, 0.2) is 0 Å². The molecule has 0 spiro atoms. The molecule has 0 amide bonds. The fraction of sp³-hybridized carbons (Fsp3) is 0.0741. The molecular weight excluding hydrogens is 368 g/mol. The molecule has 1 heterocycles. The number of imidazole rings is 1. The average Bonchev–Trinajstić information content (AvgIpc) is 3.30. The van der Waals surface area contributed by atoms with Crippen molar-refractivity contribution in [2.75, 3.05) is 0 Å². The summed E-state index contributed by atoms with van der Waals surface area (Å²) in [5.41, 5.74) is 4.99. The Labute approximate surface area is 175 Å². The molecule has 3 heteroatoms. The van der Waals surface area contributed by atoms with Crippen molar-refractivity contribution in [1.82, 2.24) is 9.97 Å². The number of hydrogen-bond donors (Lipinski definition) is 2. The maximum atomic E-state index is 12.1. The fourth-order valence-electron chi connectivity index (χ4n) is 4.45. The van der Waals surface area contributed by atoms with Crippen LogP contribution in [0.4, 0.5) is 0 Å². The van der Waals surface area contributed by atoms with Crippen molar-refractivity contribution in [2.24, 2.45) is 0 Å². The van der Waals surface area contributed by atoms with E-state index in [0.717, 1.165) is 33.3 Å². The van der Waals surface area contributed by atoms with Crippen LogP contribution in [0.1, 0.15) is 28.4 Å². The number of aliphatic hydroxyl groups excluding tert-OH is 1. The molecule has 0 aliphatic carbocycles. The van der Waals surface area contributed by atoms with E-state index in [2.05, 4.69) is 46.4 Å². The van der Waals surface area contributed by atoms with Crippen LogP contribution < -0.4 is 0 Å². The number of rotatable bonds is 5. The van der Waals surface area contributed by atoms with E-state index < -0.39 is 11.5 Å². The van der Waals surface area contributed by atoms with E-state index in [-0.39, 0.29) is 0 Å². The molecule has 1 aromatic heterocycles. The van der Waals surface area contributed by atoms with Crippen molar-refractivity contribution in [3.05, 3.63) is 138 Å². The van der Waals surface area contributed by atoms with E-state index in [9.17, 15) is 5.11 Å². The number of fused-ring (bicyclic) bond motifs is 1. The second-order valence-corrected chi connectivity index (χ2v) is 7.49. The first-order valence-electron chi connectivity index (χ1n) is 10.1. The molecule has 0 radical (unpaired) electrons. The Morgan fingerprint density at radius 1 is 0.667 bits per heavy atom. The van der Waals surface area contributed by atoms with Gasteiger partial charge >= 0.3 is 0 Å². The van der Waals surface area contributed by atoms with Gasteiger partial charge in [-0.2, -0.15) is 0 Å². The zero-order valence-electron chi connectivity index (χ0n) is 16.4.